The summed E-state index contributed by atoms with van der Waals surface area (Å²) in [4.78, 5) is 16.5. The van der Waals surface area contributed by atoms with Crippen molar-refractivity contribution in [3.8, 4) is 0 Å². The summed E-state index contributed by atoms with van der Waals surface area (Å²) in [7, 11) is 0. The van der Waals surface area contributed by atoms with Gasteiger partial charge in [0.15, 0.2) is 0 Å². The molecule has 5 nitrogen and oxygen atoms in total. The summed E-state index contributed by atoms with van der Waals surface area (Å²) in [5, 5.41) is 6.19. The fourth-order valence-corrected chi connectivity index (χ4v) is 2.72. The first-order valence-electron chi connectivity index (χ1n) is 8.45. The molecule has 0 bridgehead atoms. The number of nitrogens with one attached hydrogen (secondary N) is 2. The normalized spacial score (nSPS) is 15.0. The highest BCUT2D eigenvalue weighted by Crippen LogP contribution is 2.20. The van der Waals surface area contributed by atoms with Crippen molar-refractivity contribution < 1.29 is 9.53 Å². The Morgan fingerprint density at radius 1 is 1.12 bits per heavy atom. The molecule has 2 N–H and O–H groups in total. The number of benzene rings is 1. The van der Waals surface area contributed by atoms with Gasteiger partial charge in [-0.25, -0.2) is 4.98 Å². The average Bonchev–Trinajstić information content (AvgIpc) is 2.65. The predicted molar refractivity (Wildman–Crippen MR) is 95.5 cm³/mol. The number of ether oxygens (including phenoxy) is 1. The second kappa shape index (κ2) is 7.93. The molecule has 2 aromatic rings. The van der Waals surface area contributed by atoms with E-state index in [0.29, 0.717) is 19.0 Å². The summed E-state index contributed by atoms with van der Waals surface area (Å²) < 4.78 is 5.28. The molecule has 0 saturated carbocycles. The van der Waals surface area contributed by atoms with E-state index in [9.17, 15) is 4.79 Å². The van der Waals surface area contributed by atoms with Gasteiger partial charge in [-0.05, 0) is 49.1 Å². The van der Waals surface area contributed by atoms with Crippen LogP contribution in [-0.2, 0) is 16.0 Å². The molecule has 0 spiro atoms. The van der Waals surface area contributed by atoms with Crippen molar-refractivity contribution in [2.75, 3.05) is 23.8 Å². The van der Waals surface area contributed by atoms with Gasteiger partial charge in [0.05, 0.1) is 11.9 Å². The molecule has 1 aromatic carbocycles. The average molecular weight is 325 g/mol. The van der Waals surface area contributed by atoms with Crippen molar-refractivity contribution in [3.63, 3.8) is 0 Å². The molecular weight excluding hydrogens is 302 g/mol. The lowest BCUT2D eigenvalue weighted by Crippen LogP contribution is -2.28. The summed E-state index contributed by atoms with van der Waals surface area (Å²) in [5.41, 5.74) is 3.22. The predicted octanol–water partition coefficient (Wildman–Crippen LogP) is 3.75. The number of amides is 1. The van der Waals surface area contributed by atoms with Crippen LogP contribution in [0.1, 0.15) is 25.3 Å². The van der Waals surface area contributed by atoms with Gasteiger partial charge in [0.2, 0.25) is 5.91 Å². The minimum atomic E-state index is 0.0235. The number of aromatic nitrogens is 1. The molecule has 1 aliphatic heterocycles. The van der Waals surface area contributed by atoms with Gasteiger partial charge in [-0.2, -0.15) is 0 Å². The third-order valence-electron chi connectivity index (χ3n) is 4.26. The maximum absolute atomic E-state index is 12.2. The third kappa shape index (κ3) is 4.32. The third-order valence-corrected chi connectivity index (χ3v) is 4.26. The van der Waals surface area contributed by atoms with Crippen molar-refractivity contribution in [2.45, 2.75) is 26.2 Å². The molecule has 1 aromatic heterocycles. The Kier molecular flexibility index (Phi) is 5.43. The minimum absolute atomic E-state index is 0.0235. The Bertz CT molecular complexity index is 662. The highest BCUT2D eigenvalue weighted by atomic mass is 16.5. The molecule has 1 aliphatic rings. The van der Waals surface area contributed by atoms with Crippen LogP contribution in [0.3, 0.4) is 0 Å². The summed E-state index contributed by atoms with van der Waals surface area (Å²) in [6.45, 7) is 3.45. The molecule has 1 amide bonds. The zero-order chi connectivity index (χ0) is 16.8. The molecule has 1 fully saturated rings. The van der Waals surface area contributed by atoms with Crippen LogP contribution in [0.5, 0.6) is 0 Å². The SMILES string of the molecule is CCc1ccc(Nc2ccc(NC(=O)C3CCOCC3)nc2)cc1. The Morgan fingerprint density at radius 3 is 2.46 bits per heavy atom. The van der Waals surface area contributed by atoms with Crippen molar-refractivity contribution in [1.29, 1.82) is 0 Å². The number of rotatable bonds is 5. The van der Waals surface area contributed by atoms with E-state index in [4.69, 9.17) is 4.74 Å². The van der Waals surface area contributed by atoms with E-state index >= 15 is 0 Å². The Balaban J connectivity index is 1.57. The lowest BCUT2D eigenvalue weighted by atomic mass is 9.99. The molecule has 2 heterocycles. The van der Waals surface area contributed by atoms with Gasteiger partial charge in [-0.3, -0.25) is 4.79 Å². The standard InChI is InChI=1S/C19H23N3O2/c1-2-14-3-5-16(6-4-14)21-17-7-8-18(20-13-17)22-19(23)15-9-11-24-12-10-15/h3-8,13,15,21H,2,9-12H2,1H3,(H,20,22,23). The number of hydrogen-bond acceptors (Lipinski definition) is 4. The van der Waals surface area contributed by atoms with E-state index in [1.165, 1.54) is 5.56 Å². The Labute approximate surface area is 142 Å². The van der Waals surface area contributed by atoms with Gasteiger partial charge >= 0.3 is 0 Å². The molecule has 0 unspecified atom stereocenters. The topological polar surface area (TPSA) is 63.2 Å². The molecule has 0 atom stereocenters. The number of pyridine rings is 1. The number of carbonyl (C=O) groups is 1. The molecule has 24 heavy (non-hydrogen) atoms. The molecule has 3 rings (SSSR count). The largest absolute Gasteiger partial charge is 0.381 e. The second-order valence-electron chi connectivity index (χ2n) is 5.98. The zero-order valence-corrected chi connectivity index (χ0v) is 13.9. The maximum atomic E-state index is 12.2. The van der Waals surface area contributed by atoms with Gasteiger partial charge in [0.25, 0.3) is 0 Å². The molecular formula is C19H23N3O2. The summed E-state index contributed by atoms with van der Waals surface area (Å²) in [5.74, 6) is 0.635. The maximum Gasteiger partial charge on any atom is 0.228 e. The van der Waals surface area contributed by atoms with Crippen LogP contribution in [0.4, 0.5) is 17.2 Å². The lowest BCUT2D eigenvalue weighted by Gasteiger charge is -2.20. The van der Waals surface area contributed by atoms with Gasteiger partial charge in [-0.1, -0.05) is 19.1 Å². The lowest BCUT2D eigenvalue weighted by molar-refractivity contribution is -0.122. The number of aryl methyl sites for hydroxylation is 1. The summed E-state index contributed by atoms with van der Waals surface area (Å²) >= 11 is 0. The Morgan fingerprint density at radius 2 is 1.83 bits per heavy atom. The first-order chi connectivity index (χ1) is 11.7. The zero-order valence-electron chi connectivity index (χ0n) is 13.9. The van der Waals surface area contributed by atoms with Crippen LogP contribution < -0.4 is 10.6 Å². The molecule has 126 valence electrons. The first kappa shape index (κ1) is 16.5. The molecule has 0 aliphatic carbocycles. The van der Waals surface area contributed by atoms with Crippen LogP contribution in [0.15, 0.2) is 42.6 Å². The summed E-state index contributed by atoms with van der Waals surface area (Å²) in [6.07, 6.45) is 4.31. The van der Waals surface area contributed by atoms with E-state index in [0.717, 1.165) is 30.6 Å². The first-order valence-corrected chi connectivity index (χ1v) is 8.45. The molecule has 0 radical (unpaired) electrons. The van der Waals surface area contributed by atoms with E-state index in [-0.39, 0.29) is 11.8 Å². The Hall–Kier alpha value is -2.40. The van der Waals surface area contributed by atoms with E-state index in [2.05, 4.69) is 46.8 Å². The highest BCUT2D eigenvalue weighted by Gasteiger charge is 2.21. The monoisotopic (exact) mass is 325 g/mol. The van der Waals surface area contributed by atoms with Crippen LogP contribution >= 0.6 is 0 Å². The number of anilines is 3. The fraction of sp³-hybridized carbons (Fsp3) is 0.368. The summed E-state index contributed by atoms with van der Waals surface area (Å²) in [6, 6.07) is 12.1. The van der Waals surface area contributed by atoms with E-state index < -0.39 is 0 Å². The van der Waals surface area contributed by atoms with Crippen molar-refractivity contribution in [3.05, 3.63) is 48.2 Å². The van der Waals surface area contributed by atoms with Crippen molar-refractivity contribution in [2.24, 2.45) is 5.92 Å². The van der Waals surface area contributed by atoms with Gasteiger partial charge in [0, 0.05) is 24.8 Å². The quantitative estimate of drug-likeness (QED) is 0.879. The molecule has 1 saturated heterocycles. The van der Waals surface area contributed by atoms with Crippen LogP contribution in [0, 0.1) is 5.92 Å². The van der Waals surface area contributed by atoms with Crippen LogP contribution in [0.25, 0.3) is 0 Å². The second-order valence-corrected chi connectivity index (χ2v) is 5.98. The van der Waals surface area contributed by atoms with Gasteiger partial charge < -0.3 is 15.4 Å². The number of carbonyl (C=O) groups excluding carboxylic acids is 1. The smallest absolute Gasteiger partial charge is 0.228 e. The van der Waals surface area contributed by atoms with E-state index in [1.807, 2.05) is 12.1 Å². The molecule has 5 heteroatoms. The number of hydrogen-bond donors (Lipinski definition) is 2. The van der Waals surface area contributed by atoms with E-state index in [1.54, 1.807) is 6.20 Å². The van der Waals surface area contributed by atoms with Crippen LogP contribution in [0.2, 0.25) is 0 Å². The van der Waals surface area contributed by atoms with Crippen molar-refractivity contribution in [1.82, 2.24) is 4.98 Å². The minimum Gasteiger partial charge on any atom is -0.381 e. The van der Waals surface area contributed by atoms with Crippen molar-refractivity contribution >= 4 is 23.1 Å². The van der Waals surface area contributed by atoms with Gasteiger partial charge in [-0.15, -0.1) is 0 Å². The highest BCUT2D eigenvalue weighted by molar-refractivity contribution is 5.91. The number of nitrogens with zero attached hydrogens (tertiary/aromatic N) is 1. The van der Waals surface area contributed by atoms with Crippen LogP contribution in [-0.4, -0.2) is 24.1 Å². The van der Waals surface area contributed by atoms with Gasteiger partial charge in [0.1, 0.15) is 5.82 Å². The fourth-order valence-electron chi connectivity index (χ4n) is 2.72.